The summed E-state index contributed by atoms with van der Waals surface area (Å²) >= 11 is 13.2. The molecule has 1 heterocycles. The van der Waals surface area contributed by atoms with Crippen molar-refractivity contribution in [1.29, 1.82) is 0 Å². The van der Waals surface area contributed by atoms with Crippen LogP contribution in [0, 0.1) is 0 Å². The fourth-order valence-electron chi connectivity index (χ4n) is 2.00. The molecule has 1 saturated heterocycles. The highest BCUT2D eigenvalue weighted by Crippen LogP contribution is 2.24. The Kier molecular flexibility index (Phi) is 5.82. The predicted molar refractivity (Wildman–Crippen MR) is 87.8 cm³/mol. The van der Waals surface area contributed by atoms with Gasteiger partial charge in [-0.25, -0.2) is 8.42 Å². The van der Waals surface area contributed by atoms with Crippen LogP contribution in [0.1, 0.15) is 12.0 Å². The van der Waals surface area contributed by atoms with Crippen LogP contribution >= 0.6 is 35.0 Å². The predicted octanol–water partition coefficient (Wildman–Crippen LogP) is 2.53. The Morgan fingerprint density at radius 1 is 1.38 bits per heavy atom. The SMILES string of the molecule is O=C(CS[C@H]1CCS(=O)(=O)C1)NCc1ccc(Cl)cc1Cl. The van der Waals surface area contributed by atoms with Crippen LogP contribution in [0.15, 0.2) is 18.2 Å². The second-order valence-electron chi connectivity index (χ2n) is 4.85. The smallest absolute Gasteiger partial charge is 0.230 e. The average Bonchev–Trinajstić information content (AvgIpc) is 2.75. The molecule has 0 aliphatic carbocycles. The van der Waals surface area contributed by atoms with E-state index in [-0.39, 0.29) is 28.4 Å². The maximum absolute atomic E-state index is 11.8. The molecule has 1 aromatic rings. The number of carbonyl (C=O) groups excluding carboxylic acids is 1. The summed E-state index contributed by atoms with van der Waals surface area (Å²) < 4.78 is 22.6. The zero-order valence-electron chi connectivity index (χ0n) is 11.1. The van der Waals surface area contributed by atoms with E-state index in [9.17, 15) is 13.2 Å². The molecule has 4 nitrogen and oxygen atoms in total. The van der Waals surface area contributed by atoms with Crippen molar-refractivity contribution in [2.75, 3.05) is 17.3 Å². The van der Waals surface area contributed by atoms with Gasteiger partial charge in [0.1, 0.15) is 0 Å². The lowest BCUT2D eigenvalue weighted by Gasteiger charge is -2.09. The second-order valence-corrected chi connectivity index (χ2v) is 9.21. The van der Waals surface area contributed by atoms with Gasteiger partial charge >= 0.3 is 0 Å². The number of rotatable bonds is 5. The molecule has 0 unspecified atom stereocenters. The summed E-state index contributed by atoms with van der Waals surface area (Å²) in [6, 6.07) is 5.11. The van der Waals surface area contributed by atoms with Crippen molar-refractivity contribution < 1.29 is 13.2 Å². The van der Waals surface area contributed by atoms with Crippen molar-refractivity contribution in [1.82, 2.24) is 5.32 Å². The molecule has 0 aromatic heterocycles. The van der Waals surface area contributed by atoms with E-state index >= 15 is 0 Å². The summed E-state index contributed by atoms with van der Waals surface area (Å²) in [5.74, 6) is 0.529. The van der Waals surface area contributed by atoms with Crippen LogP contribution in [0.3, 0.4) is 0 Å². The molecule has 1 aliphatic rings. The first-order chi connectivity index (χ1) is 9.85. The molecule has 8 heteroatoms. The molecule has 1 N–H and O–H groups in total. The van der Waals surface area contributed by atoms with E-state index in [0.717, 1.165) is 5.56 Å². The molecule has 1 fully saturated rings. The third kappa shape index (κ3) is 5.36. The lowest BCUT2D eigenvalue weighted by Crippen LogP contribution is -2.25. The molecule has 0 bridgehead atoms. The monoisotopic (exact) mass is 367 g/mol. The van der Waals surface area contributed by atoms with Gasteiger partial charge in [-0.05, 0) is 24.1 Å². The number of hydrogen-bond acceptors (Lipinski definition) is 4. The second kappa shape index (κ2) is 7.22. The first-order valence-corrected chi connectivity index (χ1v) is 10.0. The number of sulfone groups is 1. The van der Waals surface area contributed by atoms with Gasteiger partial charge in [-0.1, -0.05) is 29.3 Å². The zero-order chi connectivity index (χ0) is 15.5. The Morgan fingerprint density at radius 2 is 2.14 bits per heavy atom. The minimum absolute atomic E-state index is 0.0277. The molecule has 1 aliphatic heterocycles. The highest BCUT2D eigenvalue weighted by molar-refractivity contribution is 8.02. The molecule has 0 saturated carbocycles. The van der Waals surface area contributed by atoms with Crippen molar-refractivity contribution in [3.8, 4) is 0 Å². The van der Waals surface area contributed by atoms with Gasteiger partial charge in [0, 0.05) is 21.8 Å². The van der Waals surface area contributed by atoms with Gasteiger partial charge in [0.15, 0.2) is 9.84 Å². The fraction of sp³-hybridized carbons (Fsp3) is 0.462. The van der Waals surface area contributed by atoms with E-state index in [1.807, 2.05) is 0 Å². The quantitative estimate of drug-likeness (QED) is 0.868. The Hall–Kier alpha value is -0.430. The largest absolute Gasteiger partial charge is 0.351 e. The maximum Gasteiger partial charge on any atom is 0.230 e. The first-order valence-electron chi connectivity index (χ1n) is 6.38. The Bertz CT molecular complexity index is 634. The highest BCUT2D eigenvalue weighted by atomic mass is 35.5. The number of carbonyl (C=O) groups is 1. The lowest BCUT2D eigenvalue weighted by molar-refractivity contribution is -0.118. The van der Waals surface area contributed by atoms with Gasteiger partial charge in [0.05, 0.1) is 17.3 Å². The number of hydrogen-bond donors (Lipinski definition) is 1. The molecular formula is C13H15Cl2NO3S2. The van der Waals surface area contributed by atoms with Gasteiger partial charge in [-0.3, -0.25) is 4.79 Å². The summed E-state index contributed by atoms with van der Waals surface area (Å²) in [4.78, 5) is 11.8. The van der Waals surface area contributed by atoms with Crippen LogP contribution in [-0.2, 0) is 21.2 Å². The van der Waals surface area contributed by atoms with Crippen LogP contribution in [-0.4, -0.2) is 36.8 Å². The van der Waals surface area contributed by atoms with Crippen molar-refractivity contribution >= 4 is 50.7 Å². The Balaban J connectivity index is 1.75. The molecule has 1 atom stereocenters. The Morgan fingerprint density at radius 3 is 2.76 bits per heavy atom. The van der Waals surface area contributed by atoms with Gasteiger partial charge in [0.25, 0.3) is 0 Å². The molecule has 1 aromatic carbocycles. The van der Waals surface area contributed by atoms with Gasteiger partial charge in [0.2, 0.25) is 5.91 Å². The molecule has 2 rings (SSSR count). The fourth-order valence-corrected chi connectivity index (χ4v) is 5.94. The van der Waals surface area contributed by atoms with Crippen LogP contribution in [0.5, 0.6) is 0 Å². The van der Waals surface area contributed by atoms with Crippen LogP contribution in [0.25, 0.3) is 0 Å². The van der Waals surface area contributed by atoms with Crippen molar-refractivity contribution in [2.45, 2.75) is 18.2 Å². The standard InChI is InChI=1S/C13H15Cl2NO3S2/c14-10-2-1-9(12(15)5-10)6-16-13(17)7-20-11-3-4-21(18,19)8-11/h1-2,5,11H,3-4,6-8H2,(H,16,17)/t11-/m0/s1. The summed E-state index contributed by atoms with van der Waals surface area (Å²) in [6.07, 6.45) is 0.628. The molecule has 1 amide bonds. The van der Waals surface area contributed by atoms with Gasteiger partial charge < -0.3 is 5.32 Å². The van der Waals surface area contributed by atoms with E-state index in [0.29, 0.717) is 23.0 Å². The van der Waals surface area contributed by atoms with E-state index in [4.69, 9.17) is 23.2 Å². The van der Waals surface area contributed by atoms with E-state index in [2.05, 4.69) is 5.32 Å². The number of halogens is 2. The third-order valence-electron chi connectivity index (χ3n) is 3.13. The maximum atomic E-state index is 11.8. The van der Waals surface area contributed by atoms with Crippen molar-refractivity contribution in [3.63, 3.8) is 0 Å². The lowest BCUT2D eigenvalue weighted by atomic mass is 10.2. The van der Waals surface area contributed by atoms with Gasteiger partial charge in [-0.15, -0.1) is 11.8 Å². The first kappa shape index (κ1) is 16.9. The van der Waals surface area contributed by atoms with Crippen molar-refractivity contribution in [2.24, 2.45) is 0 Å². The molecular weight excluding hydrogens is 353 g/mol. The van der Waals surface area contributed by atoms with E-state index in [1.54, 1.807) is 18.2 Å². The minimum atomic E-state index is -2.89. The summed E-state index contributed by atoms with van der Waals surface area (Å²) in [5, 5.41) is 3.86. The number of nitrogens with one attached hydrogen (secondary N) is 1. The molecule has 21 heavy (non-hydrogen) atoms. The van der Waals surface area contributed by atoms with Crippen molar-refractivity contribution in [3.05, 3.63) is 33.8 Å². The average molecular weight is 368 g/mol. The van der Waals surface area contributed by atoms with Crippen LogP contribution in [0.2, 0.25) is 10.0 Å². The Labute approximate surface area is 138 Å². The highest BCUT2D eigenvalue weighted by Gasteiger charge is 2.28. The van der Waals surface area contributed by atoms with Crippen LogP contribution < -0.4 is 5.32 Å². The molecule has 0 spiro atoms. The van der Waals surface area contributed by atoms with Gasteiger partial charge in [-0.2, -0.15) is 0 Å². The normalized spacial score (nSPS) is 20.4. The molecule has 0 radical (unpaired) electrons. The summed E-state index contributed by atoms with van der Waals surface area (Å²) in [5.41, 5.74) is 0.794. The minimum Gasteiger partial charge on any atom is -0.351 e. The van der Waals surface area contributed by atoms with E-state index < -0.39 is 9.84 Å². The van der Waals surface area contributed by atoms with E-state index in [1.165, 1.54) is 11.8 Å². The topological polar surface area (TPSA) is 63.2 Å². The number of thioether (sulfide) groups is 1. The summed E-state index contributed by atoms with van der Waals surface area (Å²) in [6.45, 7) is 0.332. The number of amides is 1. The third-order valence-corrected chi connectivity index (χ3v) is 7.00. The van der Waals surface area contributed by atoms with Crippen LogP contribution in [0.4, 0.5) is 0 Å². The zero-order valence-corrected chi connectivity index (χ0v) is 14.3. The number of benzene rings is 1. The summed E-state index contributed by atoms with van der Waals surface area (Å²) in [7, 11) is -2.89. The molecule has 116 valence electrons.